The molecule has 0 radical (unpaired) electrons. The number of aliphatic hydroxyl groups excluding tert-OH is 1. The first-order valence-electron chi connectivity index (χ1n) is 5.43. The van der Waals surface area contributed by atoms with E-state index in [1.54, 1.807) is 6.92 Å². The number of hydrazine groups is 1. The number of carbonyl (C=O) groups is 1. The Bertz CT molecular complexity index is 226. The van der Waals surface area contributed by atoms with E-state index in [1.807, 2.05) is 5.01 Å². The van der Waals surface area contributed by atoms with Crippen LogP contribution >= 0.6 is 0 Å². The van der Waals surface area contributed by atoms with Crippen LogP contribution in [-0.4, -0.2) is 46.3 Å². The first-order chi connectivity index (χ1) is 6.68. The summed E-state index contributed by atoms with van der Waals surface area (Å²) in [6, 6.07) is 0.607. The molecule has 4 nitrogen and oxygen atoms in total. The highest BCUT2D eigenvalue weighted by molar-refractivity contribution is 5.77. The summed E-state index contributed by atoms with van der Waals surface area (Å²) in [4.78, 5) is 11.5. The normalized spacial score (nSPS) is 25.9. The molecule has 0 aromatic heterocycles. The first-order valence-corrected chi connectivity index (χ1v) is 5.43. The molecular weight excluding hydrogens is 180 g/mol. The molecule has 14 heavy (non-hydrogen) atoms. The Labute approximate surface area is 84.5 Å². The van der Waals surface area contributed by atoms with Crippen molar-refractivity contribution in [2.24, 2.45) is 0 Å². The molecule has 0 spiro atoms. The Morgan fingerprint density at radius 2 is 2.29 bits per heavy atom. The quantitative estimate of drug-likeness (QED) is 0.709. The Hall–Kier alpha value is -0.610. The smallest absolute Gasteiger partial charge is 0.238 e. The Balaban J connectivity index is 1.88. The molecule has 2 fully saturated rings. The lowest BCUT2D eigenvalue weighted by Gasteiger charge is -2.28. The van der Waals surface area contributed by atoms with E-state index in [-0.39, 0.29) is 12.0 Å². The predicted molar refractivity (Wildman–Crippen MR) is 52.4 cm³/mol. The minimum atomic E-state index is -0.315. The van der Waals surface area contributed by atoms with Crippen LogP contribution in [0.1, 0.15) is 32.6 Å². The van der Waals surface area contributed by atoms with Crippen LogP contribution < -0.4 is 0 Å². The van der Waals surface area contributed by atoms with Crippen molar-refractivity contribution in [1.29, 1.82) is 0 Å². The fraction of sp³-hybridized carbons (Fsp3) is 0.900. The molecule has 1 amide bonds. The molecular formula is C10H18N2O2. The third kappa shape index (κ3) is 2.07. The van der Waals surface area contributed by atoms with Crippen molar-refractivity contribution in [3.63, 3.8) is 0 Å². The fourth-order valence-corrected chi connectivity index (χ4v) is 1.92. The average Bonchev–Trinajstić information content (AvgIpc) is 2.88. The van der Waals surface area contributed by atoms with Crippen LogP contribution in [0.15, 0.2) is 0 Å². The van der Waals surface area contributed by atoms with Gasteiger partial charge in [-0.1, -0.05) is 0 Å². The third-order valence-electron chi connectivity index (χ3n) is 2.88. The van der Waals surface area contributed by atoms with E-state index in [9.17, 15) is 9.90 Å². The summed E-state index contributed by atoms with van der Waals surface area (Å²) in [5.41, 5.74) is 0. The first kappa shape index (κ1) is 9.93. The molecule has 1 N–H and O–H groups in total. The van der Waals surface area contributed by atoms with E-state index in [4.69, 9.17) is 0 Å². The van der Waals surface area contributed by atoms with Crippen LogP contribution in [0.3, 0.4) is 0 Å². The monoisotopic (exact) mass is 198 g/mol. The van der Waals surface area contributed by atoms with Crippen molar-refractivity contribution >= 4 is 5.91 Å². The van der Waals surface area contributed by atoms with Crippen LogP contribution in [0.2, 0.25) is 0 Å². The Kier molecular flexibility index (Phi) is 2.74. The molecule has 80 valence electrons. The van der Waals surface area contributed by atoms with Crippen molar-refractivity contribution < 1.29 is 9.90 Å². The van der Waals surface area contributed by atoms with E-state index in [0.717, 1.165) is 6.54 Å². The number of amides is 1. The molecule has 0 aromatic rings. The van der Waals surface area contributed by atoms with Gasteiger partial charge in [-0.2, -0.15) is 0 Å². The molecule has 1 saturated carbocycles. The summed E-state index contributed by atoms with van der Waals surface area (Å²) < 4.78 is 0. The highest BCUT2D eigenvalue weighted by Gasteiger charge is 2.38. The van der Waals surface area contributed by atoms with Gasteiger partial charge >= 0.3 is 0 Å². The maximum absolute atomic E-state index is 11.5. The molecule has 1 aliphatic heterocycles. The molecule has 0 aromatic carbocycles. The lowest BCUT2D eigenvalue weighted by Crippen LogP contribution is -2.41. The lowest BCUT2D eigenvalue weighted by atomic mass is 10.3. The second-order valence-electron chi connectivity index (χ2n) is 4.30. The van der Waals surface area contributed by atoms with Gasteiger partial charge in [0.2, 0.25) is 5.91 Å². The minimum Gasteiger partial charge on any atom is -0.393 e. The second kappa shape index (κ2) is 3.87. The van der Waals surface area contributed by atoms with Gasteiger partial charge in [0.15, 0.2) is 0 Å². The zero-order valence-electron chi connectivity index (χ0n) is 8.65. The molecule has 1 heterocycles. The van der Waals surface area contributed by atoms with Gasteiger partial charge < -0.3 is 5.11 Å². The maximum atomic E-state index is 11.5. The number of aliphatic hydroxyl groups is 1. The van der Waals surface area contributed by atoms with Gasteiger partial charge in [-0.3, -0.25) is 9.80 Å². The number of nitrogens with zero attached hydrogens (tertiary/aromatic N) is 2. The van der Waals surface area contributed by atoms with Crippen molar-refractivity contribution in [3.8, 4) is 0 Å². The number of hydrogen-bond acceptors (Lipinski definition) is 3. The molecule has 1 saturated heterocycles. The van der Waals surface area contributed by atoms with Gasteiger partial charge in [-0.25, -0.2) is 5.01 Å². The standard InChI is InChI=1S/C10H18N2O2/c1-8(13)4-6-12-10(14)5-7-11(12)9-2-3-9/h8-9,13H,2-7H2,1H3. The fourth-order valence-electron chi connectivity index (χ4n) is 1.92. The molecule has 1 aliphatic carbocycles. The van der Waals surface area contributed by atoms with Crippen LogP contribution in [0.5, 0.6) is 0 Å². The molecule has 2 rings (SSSR count). The minimum absolute atomic E-state index is 0.220. The molecule has 1 unspecified atom stereocenters. The zero-order valence-corrected chi connectivity index (χ0v) is 8.65. The summed E-state index contributed by atoms with van der Waals surface area (Å²) in [5, 5.41) is 13.2. The van der Waals surface area contributed by atoms with Crippen LogP contribution in [0.4, 0.5) is 0 Å². The van der Waals surface area contributed by atoms with E-state index in [2.05, 4.69) is 5.01 Å². The van der Waals surface area contributed by atoms with E-state index in [0.29, 0.717) is 25.4 Å². The predicted octanol–water partition coefficient (Wildman–Crippen LogP) is 0.369. The topological polar surface area (TPSA) is 43.8 Å². The van der Waals surface area contributed by atoms with Crippen molar-refractivity contribution in [1.82, 2.24) is 10.0 Å². The van der Waals surface area contributed by atoms with Gasteiger partial charge in [0, 0.05) is 25.6 Å². The molecule has 4 heteroatoms. The summed E-state index contributed by atoms with van der Waals surface area (Å²) in [7, 11) is 0. The Morgan fingerprint density at radius 3 is 2.86 bits per heavy atom. The largest absolute Gasteiger partial charge is 0.393 e. The summed E-state index contributed by atoms with van der Waals surface area (Å²) >= 11 is 0. The zero-order chi connectivity index (χ0) is 10.1. The number of hydrogen-bond donors (Lipinski definition) is 1. The molecule has 1 atom stereocenters. The second-order valence-corrected chi connectivity index (χ2v) is 4.30. The van der Waals surface area contributed by atoms with Gasteiger partial charge in [-0.15, -0.1) is 0 Å². The SMILES string of the molecule is CC(O)CCN1C(=O)CCN1C1CC1. The van der Waals surface area contributed by atoms with Crippen LogP contribution in [0.25, 0.3) is 0 Å². The highest BCUT2D eigenvalue weighted by Crippen LogP contribution is 2.31. The van der Waals surface area contributed by atoms with E-state index in [1.165, 1.54) is 12.8 Å². The van der Waals surface area contributed by atoms with Crippen LogP contribution in [-0.2, 0) is 4.79 Å². The molecule has 0 bridgehead atoms. The van der Waals surface area contributed by atoms with Gasteiger partial charge in [0.25, 0.3) is 0 Å². The number of carbonyl (C=O) groups excluding carboxylic acids is 1. The maximum Gasteiger partial charge on any atom is 0.238 e. The summed E-state index contributed by atoms with van der Waals surface area (Å²) in [6.07, 6.45) is 3.45. The van der Waals surface area contributed by atoms with Gasteiger partial charge in [0.05, 0.1) is 6.10 Å². The average molecular weight is 198 g/mol. The van der Waals surface area contributed by atoms with E-state index < -0.39 is 0 Å². The third-order valence-corrected chi connectivity index (χ3v) is 2.88. The van der Waals surface area contributed by atoms with Gasteiger partial charge in [0.1, 0.15) is 0 Å². The molecule has 2 aliphatic rings. The summed E-state index contributed by atoms with van der Waals surface area (Å²) in [5.74, 6) is 0.220. The number of rotatable bonds is 4. The van der Waals surface area contributed by atoms with E-state index >= 15 is 0 Å². The van der Waals surface area contributed by atoms with Crippen molar-refractivity contribution in [2.75, 3.05) is 13.1 Å². The summed E-state index contributed by atoms with van der Waals surface area (Å²) in [6.45, 7) is 3.32. The van der Waals surface area contributed by atoms with Crippen molar-refractivity contribution in [3.05, 3.63) is 0 Å². The Morgan fingerprint density at radius 1 is 1.57 bits per heavy atom. The highest BCUT2D eigenvalue weighted by atomic mass is 16.3. The lowest BCUT2D eigenvalue weighted by molar-refractivity contribution is -0.139. The van der Waals surface area contributed by atoms with Crippen molar-refractivity contribution in [2.45, 2.75) is 44.8 Å². The van der Waals surface area contributed by atoms with Gasteiger partial charge in [-0.05, 0) is 26.2 Å². The van der Waals surface area contributed by atoms with Crippen LogP contribution in [0, 0.1) is 0 Å².